The second-order valence-electron chi connectivity index (χ2n) is 3.89. The monoisotopic (exact) mass is 235 g/mol. The molecule has 2 aromatic rings. The minimum absolute atomic E-state index is 0.0937. The Morgan fingerprint density at radius 2 is 2.29 bits per heavy atom. The fourth-order valence-electron chi connectivity index (χ4n) is 2.09. The molecule has 3 N–H and O–H groups in total. The predicted molar refractivity (Wildman–Crippen MR) is 54.2 cm³/mol. The molecule has 1 atom stereocenters. The number of nitrogens with one attached hydrogen (secondary N) is 1. The van der Waals surface area contributed by atoms with E-state index < -0.39 is 12.1 Å². The zero-order valence-electron chi connectivity index (χ0n) is 8.88. The van der Waals surface area contributed by atoms with Crippen molar-refractivity contribution in [2.75, 3.05) is 0 Å². The van der Waals surface area contributed by atoms with Gasteiger partial charge in [0, 0.05) is 19.0 Å². The topological polar surface area (TPSA) is 117 Å². The number of aromatic amines is 1. The van der Waals surface area contributed by atoms with Crippen molar-refractivity contribution in [1.82, 2.24) is 25.2 Å². The van der Waals surface area contributed by atoms with Crippen molar-refractivity contribution < 1.29 is 15.0 Å². The highest BCUT2D eigenvalue weighted by molar-refractivity contribution is 5.90. The van der Waals surface area contributed by atoms with Gasteiger partial charge in [-0.25, -0.2) is 4.79 Å². The molecule has 0 bridgehead atoms. The number of aryl methyl sites for hydroxylation is 1. The third kappa shape index (κ3) is 1.21. The molecular formula is C9H9N5O3. The average Bonchev–Trinajstić information content (AvgIpc) is 2.84. The minimum Gasteiger partial charge on any atom is -0.477 e. The van der Waals surface area contributed by atoms with Crippen LogP contribution in [0.5, 0.6) is 0 Å². The summed E-state index contributed by atoms with van der Waals surface area (Å²) in [5.41, 5.74) is 1.82. The Bertz CT molecular complexity index is 614. The van der Waals surface area contributed by atoms with Gasteiger partial charge in [-0.1, -0.05) is 5.21 Å². The molecule has 0 radical (unpaired) electrons. The van der Waals surface area contributed by atoms with Gasteiger partial charge in [-0.15, -0.1) is 5.10 Å². The molecule has 88 valence electrons. The largest absolute Gasteiger partial charge is 0.477 e. The summed E-state index contributed by atoms with van der Waals surface area (Å²) in [4.78, 5) is 11.0. The van der Waals surface area contributed by atoms with Crippen molar-refractivity contribution in [3.05, 3.63) is 17.0 Å². The number of carboxylic acid groups (broad SMARTS) is 1. The Labute approximate surface area is 94.9 Å². The van der Waals surface area contributed by atoms with E-state index in [9.17, 15) is 9.90 Å². The fraction of sp³-hybridized carbons (Fsp3) is 0.333. The summed E-state index contributed by atoms with van der Waals surface area (Å²) in [5.74, 6) is -1.15. The first kappa shape index (κ1) is 9.97. The van der Waals surface area contributed by atoms with Gasteiger partial charge < -0.3 is 10.2 Å². The summed E-state index contributed by atoms with van der Waals surface area (Å²) < 4.78 is 1.55. The fourth-order valence-corrected chi connectivity index (χ4v) is 2.09. The number of aliphatic hydroxyl groups excluding tert-OH is 1. The van der Waals surface area contributed by atoms with Gasteiger partial charge in [-0.2, -0.15) is 5.10 Å². The summed E-state index contributed by atoms with van der Waals surface area (Å²) in [6.07, 6.45) is -0.620. The lowest BCUT2D eigenvalue weighted by Gasteiger charge is -2.16. The van der Waals surface area contributed by atoms with E-state index in [-0.39, 0.29) is 17.7 Å². The molecule has 0 aliphatic heterocycles. The number of aliphatic hydroxyl groups is 1. The van der Waals surface area contributed by atoms with Crippen LogP contribution in [0.3, 0.4) is 0 Å². The van der Waals surface area contributed by atoms with Crippen molar-refractivity contribution in [2.45, 2.75) is 12.5 Å². The summed E-state index contributed by atoms with van der Waals surface area (Å²) in [6, 6.07) is 0. The van der Waals surface area contributed by atoms with E-state index in [2.05, 4.69) is 20.5 Å². The third-order valence-electron chi connectivity index (χ3n) is 2.90. The van der Waals surface area contributed by atoms with Gasteiger partial charge >= 0.3 is 5.97 Å². The molecular weight excluding hydrogens is 226 g/mol. The molecule has 1 unspecified atom stereocenters. The van der Waals surface area contributed by atoms with E-state index in [1.807, 2.05) is 0 Å². The SMILES string of the molecule is Cn1nnc2c1CC(O)c1c-2n[nH]c1C(=O)O. The van der Waals surface area contributed by atoms with Crippen molar-refractivity contribution >= 4 is 5.97 Å². The maximum Gasteiger partial charge on any atom is 0.354 e. The molecule has 0 saturated heterocycles. The Morgan fingerprint density at radius 3 is 3.00 bits per heavy atom. The smallest absolute Gasteiger partial charge is 0.354 e. The lowest BCUT2D eigenvalue weighted by molar-refractivity contribution is 0.0682. The van der Waals surface area contributed by atoms with Gasteiger partial charge in [-0.3, -0.25) is 9.78 Å². The van der Waals surface area contributed by atoms with E-state index in [4.69, 9.17) is 5.11 Å². The maximum atomic E-state index is 11.0. The molecule has 2 aromatic heterocycles. The number of aromatic nitrogens is 5. The summed E-state index contributed by atoms with van der Waals surface area (Å²) in [7, 11) is 1.72. The van der Waals surface area contributed by atoms with E-state index in [1.165, 1.54) is 0 Å². The molecule has 3 rings (SSSR count). The standard InChI is InChI=1S/C9H9N5O3/c1-14-3-2-4(15)5-7(6(3)12-13-14)10-11-8(5)9(16)17/h4,15H,2H2,1H3,(H,10,11)(H,16,17). The van der Waals surface area contributed by atoms with Crippen molar-refractivity contribution in [1.29, 1.82) is 0 Å². The number of nitrogens with zero attached hydrogens (tertiary/aromatic N) is 4. The Hall–Kier alpha value is -2.22. The number of hydrogen-bond donors (Lipinski definition) is 3. The zero-order valence-corrected chi connectivity index (χ0v) is 8.88. The Morgan fingerprint density at radius 1 is 1.53 bits per heavy atom. The summed E-state index contributed by atoms with van der Waals surface area (Å²) in [6.45, 7) is 0. The molecule has 0 fully saturated rings. The summed E-state index contributed by atoms with van der Waals surface area (Å²) in [5, 5.41) is 33.0. The molecule has 0 saturated carbocycles. The molecule has 0 amide bonds. The van der Waals surface area contributed by atoms with Gasteiger partial charge in [0.1, 0.15) is 17.1 Å². The van der Waals surface area contributed by atoms with Crippen LogP contribution in [-0.4, -0.2) is 41.4 Å². The molecule has 1 aliphatic rings. The summed E-state index contributed by atoms with van der Waals surface area (Å²) >= 11 is 0. The second-order valence-corrected chi connectivity index (χ2v) is 3.89. The molecule has 0 spiro atoms. The first-order valence-electron chi connectivity index (χ1n) is 4.98. The first-order valence-corrected chi connectivity index (χ1v) is 4.98. The Balaban J connectivity index is 2.27. The van der Waals surface area contributed by atoms with Crippen LogP contribution in [0, 0.1) is 0 Å². The Kier molecular flexibility index (Phi) is 1.84. The van der Waals surface area contributed by atoms with Gasteiger partial charge in [0.15, 0.2) is 0 Å². The van der Waals surface area contributed by atoms with E-state index >= 15 is 0 Å². The molecule has 2 heterocycles. The van der Waals surface area contributed by atoms with Crippen LogP contribution in [0.15, 0.2) is 0 Å². The van der Waals surface area contributed by atoms with E-state index in [0.29, 0.717) is 11.4 Å². The number of carboxylic acids is 1. The van der Waals surface area contributed by atoms with Crippen LogP contribution in [-0.2, 0) is 13.5 Å². The zero-order chi connectivity index (χ0) is 12.2. The van der Waals surface area contributed by atoms with Gasteiger partial charge in [-0.05, 0) is 0 Å². The van der Waals surface area contributed by atoms with Crippen molar-refractivity contribution in [2.24, 2.45) is 7.05 Å². The second kappa shape index (κ2) is 3.14. The number of aromatic carboxylic acids is 1. The quantitative estimate of drug-likeness (QED) is 0.613. The van der Waals surface area contributed by atoms with Gasteiger partial charge in [0.05, 0.1) is 11.8 Å². The van der Waals surface area contributed by atoms with Crippen LogP contribution in [0.25, 0.3) is 11.4 Å². The molecule has 8 heteroatoms. The number of fused-ring (bicyclic) bond motifs is 3. The van der Waals surface area contributed by atoms with Crippen LogP contribution in [0.2, 0.25) is 0 Å². The highest BCUT2D eigenvalue weighted by atomic mass is 16.4. The average molecular weight is 235 g/mol. The van der Waals surface area contributed by atoms with Crippen LogP contribution in [0.4, 0.5) is 0 Å². The molecule has 1 aliphatic carbocycles. The number of H-pyrrole nitrogens is 1. The lowest BCUT2D eigenvalue weighted by Crippen LogP contribution is -2.15. The number of rotatable bonds is 1. The van der Waals surface area contributed by atoms with Crippen LogP contribution < -0.4 is 0 Å². The number of hydrogen-bond acceptors (Lipinski definition) is 5. The molecule has 8 nitrogen and oxygen atoms in total. The van der Waals surface area contributed by atoms with Crippen molar-refractivity contribution in [3.8, 4) is 11.4 Å². The lowest BCUT2D eigenvalue weighted by atomic mass is 9.93. The highest BCUT2D eigenvalue weighted by Crippen LogP contribution is 2.37. The predicted octanol–water partition coefficient (Wildman–Crippen LogP) is -0.507. The van der Waals surface area contributed by atoms with Gasteiger partial charge in [0.2, 0.25) is 0 Å². The highest BCUT2D eigenvalue weighted by Gasteiger charge is 2.34. The normalized spacial score (nSPS) is 17.6. The molecule has 0 aromatic carbocycles. The minimum atomic E-state index is -1.15. The molecule has 17 heavy (non-hydrogen) atoms. The van der Waals surface area contributed by atoms with Crippen molar-refractivity contribution in [3.63, 3.8) is 0 Å². The van der Waals surface area contributed by atoms with E-state index in [1.54, 1.807) is 11.7 Å². The van der Waals surface area contributed by atoms with Gasteiger partial charge in [0.25, 0.3) is 0 Å². The van der Waals surface area contributed by atoms with E-state index in [0.717, 1.165) is 5.69 Å². The van der Waals surface area contributed by atoms with Crippen LogP contribution in [0.1, 0.15) is 27.8 Å². The van der Waals surface area contributed by atoms with Crippen LogP contribution >= 0.6 is 0 Å². The number of carbonyl (C=O) groups is 1. The first-order chi connectivity index (χ1) is 8.09. The third-order valence-corrected chi connectivity index (χ3v) is 2.90. The maximum absolute atomic E-state index is 11.0.